The second-order valence-corrected chi connectivity index (χ2v) is 2.75. The van der Waals surface area contributed by atoms with Crippen molar-refractivity contribution in [3.05, 3.63) is 34.6 Å². The lowest BCUT2D eigenvalue weighted by molar-refractivity contribution is 0.609. The Kier molecular flexibility index (Phi) is 2.43. The molecule has 1 aromatic rings. The first-order valence-electron chi connectivity index (χ1n) is 3.65. The summed E-state index contributed by atoms with van der Waals surface area (Å²) in [6.07, 6.45) is 1.50. The predicted octanol–water partition coefficient (Wildman–Crippen LogP) is 1.74. The number of hydrogen-bond acceptors (Lipinski definition) is 2. The van der Waals surface area contributed by atoms with E-state index in [9.17, 15) is 4.39 Å². The van der Waals surface area contributed by atoms with E-state index in [1.165, 1.54) is 6.21 Å². The molecule has 0 bridgehead atoms. The molecule has 0 unspecified atom stereocenters. The van der Waals surface area contributed by atoms with Crippen LogP contribution in [0, 0.1) is 19.7 Å². The zero-order valence-corrected chi connectivity index (χ0v) is 7.13. The minimum atomic E-state index is -0.163. The molecular weight excluding hydrogens is 155 g/mol. The van der Waals surface area contributed by atoms with E-state index in [2.05, 4.69) is 5.10 Å². The lowest BCUT2D eigenvalue weighted by Gasteiger charge is -2.01. The maximum Gasteiger partial charge on any atom is 0.129 e. The Hall–Kier alpha value is -1.38. The van der Waals surface area contributed by atoms with Gasteiger partial charge in [-0.1, -0.05) is 0 Å². The van der Waals surface area contributed by atoms with Crippen molar-refractivity contribution in [1.82, 2.24) is 0 Å². The summed E-state index contributed by atoms with van der Waals surface area (Å²) in [6.45, 7) is 3.44. The van der Waals surface area contributed by atoms with Crippen LogP contribution in [0.25, 0.3) is 0 Å². The summed E-state index contributed by atoms with van der Waals surface area (Å²) >= 11 is 0. The molecule has 0 heterocycles. The van der Waals surface area contributed by atoms with Crippen molar-refractivity contribution < 1.29 is 4.39 Å². The van der Waals surface area contributed by atoms with E-state index in [-0.39, 0.29) is 5.82 Å². The minimum absolute atomic E-state index is 0.163. The molecule has 0 aliphatic heterocycles. The summed E-state index contributed by atoms with van der Waals surface area (Å²) in [6, 6.07) is 3.41. The molecule has 0 saturated carbocycles. The third kappa shape index (κ3) is 1.61. The molecule has 0 aliphatic rings. The van der Waals surface area contributed by atoms with E-state index >= 15 is 0 Å². The van der Waals surface area contributed by atoms with Crippen LogP contribution in [0.5, 0.6) is 0 Å². The summed E-state index contributed by atoms with van der Waals surface area (Å²) in [5, 5.41) is 3.37. The highest BCUT2D eigenvalue weighted by Crippen LogP contribution is 2.13. The third-order valence-electron chi connectivity index (χ3n) is 1.68. The minimum Gasteiger partial charge on any atom is -0.323 e. The van der Waals surface area contributed by atoms with E-state index in [0.29, 0.717) is 11.1 Å². The van der Waals surface area contributed by atoms with Gasteiger partial charge in [-0.3, -0.25) is 0 Å². The van der Waals surface area contributed by atoms with Crippen LogP contribution in [0.15, 0.2) is 17.2 Å². The van der Waals surface area contributed by atoms with Crippen molar-refractivity contribution in [2.24, 2.45) is 10.9 Å². The highest BCUT2D eigenvalue weighted by atomic mass is 19.1. The van der Waals surface area contributed by atoms with Crippen molar-refractivity contribution in [2.45, 2.75) is 13.8 Å². The van der Waals surface area contributed by atoms with E-state index < -0.39 is 0 Å². The normalized spacial score (nSPS) is 10.9. The first-order valence-corrected chi connectivity index (χ1v) is 3.65. The van der Waals surface area contributed by atoms with Crippen LogP contribution < -0.4 is 5.84 Å². The Bertz CT molecular complexity index is 295. The summed E-state index contributed by atoms with van der Waals surface area (Å²) in [5.41, 5.74) is 2.06. The van der Waals surface area contributed by atoms with E-state index in [4.69, 9.17) is 5.84 Å². The van der Waals surface area contributed by atoms with Crippen LogP contribution in [-0.4, -0.2) is 6.21 Å². The smallest absolute Gasteiger partial charge is 0.129 e. The van der Waals surface area contributed by atoms with Gasteiger partial charge in [0.1, 0.15) is 5.82 Å². The second-order valence-electron chi connectivity index (χ2n) is 2.75. The molecule has 1 rings (SSSR count). The van der Waals surface area contributed by atoms with Gasteiger partial charge < -0.3 is 5.84 Å². The highest BCUT2D eigenvalue weighted by Gasteiger charge is 2.01. The fourth-order valence-electron chi connectivity index (χ4n) is 1.14. The van der Waals surface area contributed by atoms with Gasteiger partial charge in [0.2, 0.25) is 0 Å². The molecule has 2 N–H and O–H groups in total. The Labute approximate surface area is 70.9 Å². The number of benzene rings is 1. The molecule has 0 saturated heterocycles. The summed E-state index contributed by atoms with van der Waals surface area (Å²) in [4.78, 5) is 0. The fourth-order valence-corrected chi connectivity index (χ4v) is 1.14. The van der Waals surface area contributed by atoms with Crippen molar-refractivity contribution in [2.75, 3.05) is 0 Å². The monoisotopic (exact) mass is 166 g/mol. The third-order valence-corrected chi connectivity index (χ3v) is 1.68. The molecule has 12 heavy (non-hydrogen) atoms. The average Bonchev–Trinajstić information content (AvgIpc) is 2.01. The standard InChI is InChI=1S/C9H11FN2/c1-6-3-8(5-12-11)4-7(2)9(6)10/h3-5H,11H2,1-2H3. The molecule has 0 atom stereocenters. The molecule has 3 heteroatoms. The average molecular weight is 166 g/mol. The first kappa shape index (κ1) is 8.71. The Balaban J connectivity index is 3.21. The van der Waals surface area contributed by atoms with Gasteiger partial charge in [-0.15, -0.1) is 0 Å². The van der Waals surface area contributed by atoms with Crippen LogP contribution >= 0.6 is 0 Å². The second kappa shape index (κ2) is 3.34. The molecule has 2 nitrogen and oxygen atoms in total. The van der Waals surface area contributed by atoms with Gasteiger partial charge in [-0.2, -0.15) is 5.10 Å². The van der Waals surface area contributed by atoms with Gasteiger partial charge in [-0.25, -0.2) is 4.39 Å². The number of hydrogen-bond donors (Lipinski definition) is 1. The van der Waals surface area contributed by atoms with E-state index in [1.54, 1.807) is 26.0 Å². The van der Waals surface area contributed by atoms with Gasteiger partial charge in [0.15, 0.2) is 0 Å². The molecule has 0 fully saturated rings. The quantitative estimate of drug-likeness (QED) is 0.385. The van der Waals surface area contributed by atoms with Crippen molar-refractivity contribution in [3.8, 4) is 0 Å². The number of nitrogens with two attached hydrogens (primary N) is 1. The number of hydrazone groups is 1. The van der Waals surface area contributed by atoms with Crippen LogP contribution in [0.3, 0.4) is 0 Å². The van der Waals surface area contributed by atoms with E-state index in [0.717, 1.165) is 5.56 Å². The topological polar surface area (TPSA) is 38.4 Å². The molecule has 1 aromatic carbocycles. The number of nitrogens with zero attached hydrogens (tertiary/aromatic N) is 1. The molecule has 0 aliphatic carbocycles. The Morgan fingerprint density at radius 2 is 1.83 bits per heavy atom. The predicted molar refractivity (Wildman–Crippen MR) is 47.7 cm³/mol. The van der Waals surface area contributed by atoms with Crippen LogP contribution in [0.4, 0.5) is 4.39 Å². The van der Waals surface area contributed by atoms with Crippen LogP contribution in [0.2, 0.25) is 0 Å². The van der Waals surface area contributed by atoms with Crippen LogP contribution in [0.1, 0.15) is 16.7 Å². The van der Waals surface area contributed by atoms with Crippen molar-refractivity contribution in [1.29, 1.82) is 0 Å². The van der Waals surface area contributed by atoms with Gasteiger partial charge in [0, 0.05) is 0 Å². The molecule has 0 radical (unpaired) electrons. The SMILES string of the molecule is Cc1cc(C=NN)cc(C)c1F. The van der Waals surface area contributed by atoms with Crippen LogP contribution in [-0.2, 0) is 0 Å². The summed E-state index contributed by atoms with van der Waals surface area (Å²) < 4.78 is 13.1. The Morgan fingerprint density at radius 3 is 2.25 bits per heavy atom. The maximum absolute atomic E-state index is 13.1. The number of halogens is 1. The molecular formula is C9H11FN2. The molecule has 0 amide bonds. The molecule has 0 spiro atoms. The maximum atomic E-state index is 13.1. The van der Waals surface area contributed by atoms with Gasteiger partial charge >= 0.3 is 0 Å². The largest absolute Gasteiger partial charge is 0.323 e. The van der Waals surface area contributed by atoms with E-state index in [1.807, 2.05) is 0 Å². The highest BCUT2D eigenvalue weighted by molar-refractivity contribution is 5.79. The number of aryl methyl sites for hydroxylation is 2. The Morgan fingerprint density at radius 1 is 1.33 bits per heavy atom. The molecule has 64 valence electrons. The number of rotatable bonds is 1. The first-order chi connectivity index (χ1) is 5.65. The lowest BCUT2D eigenvalue weighted by Crippen LogP contribution is -1.93. The zero-order chi connectivity index (χ0) is 9.14. The molecule has 0 aromatic heterocycles. The summed E-state index contributed by atoms with van der Waals surface area (Å²) in [5.74, 6) is 4.81. The van der Waals surface area contributed by atoms with Crippen molar-refractivity contribution >= 4 is 6.21 Å². The fraction of sp³-hybridized carbons (Fsp3) is 0.222. The van der Waals surface area contributed by atoms with Gasteiger partial charge in [-0.05, 0) is 42.7 Å². The van der Waals surface area contributed by atoms with Crippen molar-refractivity contribution in [3.63, 3.8) is 0 Å². The van der Waals surface area contributed by atoms with Gasteiger partial charge in [0.25, 0.3) is 0 Å². The lowest BCUT2D eigenvalue weighted by atomic mass is 10.1. The van der Waals surface area contributed by atoms with Gasteiger partial charge in [0.05, 0.1) is 6.21 Å². The summed E-state index contributed by atoms with van der Waals surface area (Å²) in [7, 11) is 0. The zero-order valence-electron chi connectivity index (χ0n) is 7.13.